The van der Waals surface area contributed by atoms with E-state index in [1.54, 1.807) is 30.5 Å². The molecule has 1 N–H and O–H groups in total. The van der Waals surface area contributed by atoms with Gasteiger partial charge < -0.3 is 10.0 Å². The largest absolute Gasteiger partial charge is 0.391 e. The zero-order chi connectivity index (χ0) is 15.5. The second-order valence-electron chi connectivity index (χ2n) is 5.59. The van der Waals surface area contributed by atoms with Gasteiger partial charge in [-0.15, -0.1) is 11.3 Å². The predicted octanol–water partition coefficient (Wildman–Crippen LogP) is 1.37. The summed E-state index contributed by atoms with van der Waals surface area (Å²) in [4.78, 5) is 26.4. The van der Waals surface area contributed by atoms with Gasteiger partial charge in [0.15, 0.2) is 0 Å². The minimum Gasteiger partial charge on any atom is -0.391 e. The summed E-state index contributed by atoms with van der Waals surface area (Å²) in [5, 5.41) is 12.5. The SMILES string of the molecule is CN(CC(O)C1CC1)C(=O)Cc1csc(-c2cnccn2)n1. The molecule has 1 saturated carbocycles. The van der Waals surface area contributed by atoms with E-state index < -0.39 is 6.10 Å². The maximum absolute atomic E-state index is 12.2. The van der Waals surface area contributed by atoms with Crippen LogP contribution in [0.3, 0.4) is 0 Å². The number of hydrogen-bond donors (Lipinski definition) is 1. The van der Waals surface area contributed by atoms with Gasteiger partial charge in [-0.25, -0.2) is 4.98 Å². The minimum absolute atomic E-state index is 0.0318. The van der Waals surface area contributed by atoms with Gasteiger partial charge in [0.05, 0.1) is 24.4 Å². The summed E-state index contributed by atoms with van der Waals surface area (Å²) in [5.41, 5.74) is 1.44. The van der Waals surface area contributed by atoms with Crippen molar-refractivity contribution in [3.8, 4) is 10.7 Å². The number of aliphatic hydroxyl groups excluding tert-OH is 1. The molecule has 22 heavy (non-hydrogen) atoms. The van der Waals surface area contributed by atoms with E-state index in [9.17, 15) is 9.90 Å². The maximum atomic E-state index is 12.2. The number of aromatic nitrogens is 3. The van der Waals surface area contributed by atoms with Gasteiger partial charge in [-0.05, 0) is 18.8 Å². The van der Waals surface area contributed by atoms with E-state index >= 15 is 0 Å². The van der Waals surface area contributed by atoms with Crippen molar-refractivity contribution in [2.75, 3.05) is 13.6 Å². The first kappa shape index (κ1) is 15.1. The number of carbonyl (C=O) groups is 1. The molecule has 0 aliphatic heterocycles. The van der Waals surface area contributed by atoms with Gasteiger partial charge in [0, 0.05) is 31.4 Å². The molecule has 2 aromatic rings. The summed E-state index contributed by atoms with van der Waals surface area (Å²) in [5.74, 6) is 0.341. The van der Waals surface area contributed by atoms with Crippen molar-refractivity contribution in [2.24, 2.45) is 5.92 Å². The normalized spacial score (nSPS) is 15.5. The Hall–Kier alpha value is -1.86. The molecular formula is C15H18N4O2S. The Morgan fingerprint density at radius 1 is 1.50 bits per heavy atom. The molecule has 1 unspecified atom stereocenters. The quantitative estimate of drug-likeness (QED) is 0.870. The van der Waals surface area contributed by atoms with Crippen LogP contribution in [0.25, 0.3) is 10.7 Å². The Kier molecular flexibility index (Phi) is 4.44. The molecule has 1 fully saturated rings. The highest BCUT2D eigenvalue weighted by Gasteiger charge is 2.31. The molecule has 6 nitrogen and oxygen atoms in total. The molecule has 2 aromatic heterocycles. The highest BCUT2D eigenvalue weighted by Crippen LogP contribution is 2.32. The standard InChI is InChI=1S/C15H18N4O2S/c1-19(8-13(20)10-2-3-10)14(21)6-11-9-22-15(18-11)12-7-16-4-5-17-12/h4-5,7,9-10,13,20H,2-3,6,8H2,1H3. The smallest absolute Gasteiger partial charge is 0.228 e. The van der Waals surface area contributed by atoms with Gasteiger partial charge in [-0.1, -0.05) is 0 Å². The molecule has 1 aliphatic carbocycles. The molecule has 1 amide bonds. The van der Waals surface area contributed by atoms with Gasteiger partial charge in [0.25, 0.3) is 0 Å². The molecule has 1 aliphatic rings. The Morgan fingerprint density at radius 3 is 3.00 bits per heavy atom. The maximum Gasteiger partial charge on any atom is 0.228 e. The van der Waals surface area contributed by atoms with Crippen molar-refractivity contribution in [2.45, 2.75) is 25.4 Å². The molecule has 0 radical (unpaired) electrons. The summed E-state index contributed by atoms with van der Waals surface area (Å²) in [6, 6.07) is 0. The van der Waals surface area contributed by atoms with E-state index in [-0.39, 0.29) is 12.3 Å². The third-order valence-corrected chi connectivity index (χ3v) is 4.63. The number of thiazole rings is 1. The lowest BCUT2D eigenvalue weighted by atomic mass is 10.2. The topological polar surface area (TPSA) is 79.2 Å². The summed E-state index contributed by atoms with van der Waals surface area (Å²) in [6.45, 7) is 0.394. The number of carbonyl (C=O) groups excluding carboxylic acids is 1. The second-order valence-corrected chi connectivity index (χ2v) is 6.45. The average molecular weight is 318 g/mol. The summed E-state index contributed by atoms with van der Waals surface area (Å²) in [6.07, 6.45) is 6.86. The van der Waals surface area contributed by atoms with E-state index in [1.165, 1.54) is 11.3 Å². The predicted molar refractivity (Wildman–Crippen MR) is 83.2 cm³/mol. The molecule has 0 bridgehead atoms. The lowest BCUT2D eigenvalue weighted by molar-refractivity contribution is -0.130. The number of rotatable bonds is 6. The lowest BCUT2D eigenvalue weighted by Crippen LogP contribution is -2.36. The number of amides is 1. The van der Waals surface area contributed by atoms with Crippen LogP contribution in [-0.2, 0) is 11.2 Å². The van der Waals surface area contributed by atoms with Crippen LogP contribution in [0.15, 0.2) is 24.0 Å². The van der Waals surface area contributed by atoms with Crippen molar-refractivity contribution in [3.05, 3.63) is 29.7 Å². The Labute approximate surface area is 132 Å². The van der Waals surface area contributed by atoms with E-state index in [4.69, 9.17) is 0 Å². The van der Waals surface area contributed by atoms with Gasteiger partial charge in [0.1, 0.15) is 10.7 Å². The third-order valence-electron chi connectivity index (χ3n) is 3.72. The number of hydrogen-bond acceptors (Lipinski definition) is 6. The minimum atomic E-state index is -0.403. The lowest BCUT2D eigenvalue weighted by Gasteiger charge is -2.20. The highest BCUT2D eigenvalue weighted by atomic mass is 32.1. The fraction of sp³-hybridized carbons (Fsp3) is 0.467. The Bertz CT molecular complexity index is 642. The van der Waals surface area contributed by atoms with Crippen LogP contribution in [0.1, 0.15) is 18.5 Å². The molecule has 0 spiro atoms. The third kappa shape index (κ3) is 3.66. The van der Waals surface area contributed by atoms with Crippen molar-refractivity contribution in [1.29, 1.82) is 0 Å². The van der Waals surface area contributed by atoms with Crippen LogP contribution in [0.4, 0.5) is 0 Å². The van der Waals surface area contributed by atoms with Crippen LogP contribution in [0, 0.1) is 5.92 Å². The monoisotopic (exact) mass is 318 g/mol. The van der Waals surface area contributed by atoms with Crippen molar-refractivity contribution >= 4 is 17.2 Å². The molecule has 116 valence electrons. The van der Waals surface area contributed by atoms with Crippen LogP contribution in [0.5, 0.6) is 0 Å². The van der Waals surface area contributed by atoms with Crippen LogP contribution < -0.4 is 0 Å². The van der Waals surface area contributed by atoms with Crippen molar-refractivity contribution in [1.82, 2.24) is 19.9 Å². The molecule has 2 heterocycles. The average Bonchev–Trinajstić information content (AvgIpc) is 3.28. The van der Waals surface area contributed by atoms with Crippen LogP contribution in [-0.4, -0.2) is 50.6 Å². The van der Waals surface area contributed by atoms with E-state index in [0.29, 0.717) is 18.2 Å². The summed E-state index contributed by atoms with van der Waals surface area (Å²) >= 11 is 1.45. The molecule has 0 aromatic carbocycles. The molecular weight excluding hydrogens is 300 g/mol. The fourth-order valence-corrected chi connectivity index (χ4v) is 3.00. The van der Waals surface area contributed by atoms with Gasteiger partial charge >= 0.3 is 0 Å². The van der Waals surface area contributed by atoms with Crippen LogP contribution in [0.2, 0.25) is 0 Å². The second kappa shape index (κ2) is 6.50. The number of aliphatic hydroxyl groups is 1. The first-order chi connectivity index (χ1) is 10.6. The van der Waals surface area contributed by atoms with Gasteiger partial charge in [-0.2, -0.15) is 0 Å². The molecule has 1 atom stereocenters. The van der Waals surface area contributed by atoms with Gasteiger partial charge in [-0.3, -0.25) is 14.8 Å². The molecule has 3 rings (SSSR count). The summed E-state index contributed by atoms with van der Waals surface area (Å²) < 4.78 is 0. The van der Waals surface area contributed by atoms with Crippen molar-refractivity contribution in [3.63, 3.8) is 0 Å². The first-order valence-corrected chi connectivity index (χ1v) is 8.14. The first-order valence-electron chi connectivity index (χ1n) is 7.26. The summed E-state index contributed by atoms with van der Waals surface area (Å²) in [7, 11) is 1.73. The zero-order valence-electron chi connectivity index (χ0n) is 12.3. The molecule has 7 heteroatoms. The fourth-order valence-electron chi connectivity index (χ4n) is 2.22. The van der Waals surface area contributed by atoms with E-state index in [0.717, 1.165) is 23.5 Å². The van der Waals surface area contributed by atoms with Crippen molar-refractivity contribution < 1.29 is 9.90 Å². The van der Waals surface area contributed by atoms with E-state index in [2.05, 4.69) is 15.0 Å². The zero-order valence-corrected chi connectivity index (χ0v) is 13.2. The highest BCUT2D eigenvalue weighted by molar-refractivity contribution is 7.13. The number of nitrogens with zero attached hydrogens (tertiary/aromatic N) is 4. The van der Waals surface area contributed by atoms with E-state index in [1.807, 2.05) is 5.38 Å². The molecule has 0 saturated heterocycles. The van der Waals surface area contributed by atoms with Gasteiger partial charge in [0.2, 0.25) is 5.91 Å². The van der Waals surface area contributed by atoms with Crippen LogP contribution >= 0.6 is 11.3 Å². The number of likely N-dealkylation sites (N-methyl/N-ethyl adjacent to an activating group) is 1. The Morgan fingerprint density at radius 2 is 2.32 bits per heavy atom. The Balaban J connectivity index is 1.58.